The molecule has 1 heterocycles. The summed E-state index contributed by atoms with van der Waals surface area (Å²) in [6.45, 7) is 8.22. The second-order valence-corrected chi connectivity index (χ2v) is 14.3. The summed E-state index contributed by atoms with van der Waals surface area (Å²) in [5.41, 5.74) is 4.10. The summed E-state index contributed by atoms with van der Waals surface area (Å²) >= 11 is 0. The van der Waals surface area contributed by atoms with E-state index in [1.54, 1.807) is 0 Å². The molecule has 0 saturated carbocycles. The summed E-state index contributed by atoms with van der Waals surface area (Å²) in [6, 6.07) is 38.8. The molecule has 0 aliphatic rings. The molecule has 0 atom stereocenters. The zero-order valence-electron chi connectivity index (χ0n) is 27.6. The van der Waals surface area contributed by atoms with Crippen LogP contribution in [0.2, 0.25) is 0 Å². The van der Waals surface area contributed by atoms with Crippen molar-refractivity contribution in [3.05, 3.63) is 142 Å². The Bertz CT molecular complexity index is 2970. The minimum Gasteiger partial charge on any atom is -0.487 e. The zero-order valence-corrected chi connectivity index (χ0v) is 27.6. The molecule has 0 spiro atoms. The Labute approximate surface area is 281 Å². The minimum atomic E-state index is -0.475. The summed E-state index contributed by atoms with van der Waals surface area (Å²) in [5.74, 6) is 0.716. The number of rotatable bonds is 4. The molecular weight excluding hydrogens is 602 g/mol. The number of ether oxygens (including phenoxy) is 1. The van der Waals surface area contributed by atoms with Gasteiger partial charge in [0.05, 0.1) is 16.5 Å². The number of hydrogen-bond acceptors (Lipinski definition) is 3. The standard InChI is InChI=1S/C45H31NO3/c1-24-22-32-38-36-28(24)20-18-27-19-21-31-34(49-45(2,3)4)23-33(39(38)37(31)35(27)36)41-40(32)43(47)46(44(41)48)42-29(25-12-7-5-8-13-25)16-11-17-30(42)26-14-9-6-10-15-26/h5-23H,1-4H3. The van der Waals surface area contributed by atoms with Gasteiger partial charge in [0.2, 0.25) is 0 Å². The van der Waals surface area contributed by atoms with E-state index in [2.05, 4.69) is 37.3 Å². The first-order chi connectivity index (χ1) is 23.7. The van der Waals surface area contributed by atoms with E-state index in [1.807, 2.05) is 106 Å². The van der Waals surface area contributed by atoms with Gasteiger partial charge in [0, 0.05) is 27.3 Å². The molecule has 0 radical (unpaired) electrons. The third-order valence-corrected chi connectivity index (χ3v) is 10.3. The molecule has 234 valence electrons. The number of hydrogen-bond donors (Lipinski definition) is 0. The van der Waals surface area contributed by atoms with E-state index in [1.165, 1.54) is 9.95 Å². The number of benzene rings is 8. The van der Waals surface area contributed by atoms with E-state index in [9.17, 15) is 0 Å². The first-order valence-corrected chi connectivity index (χ1v) is 16.8. The molecule has 4 nitrogen and oxygen atoms in total. The van der Waals surface area contributed by atoms with Gasteiger partial charge in [0.15, 0.2) is 0 Å². The lowest BCUT2D eigenvalue weighted by atomic mass is 9.93. The maximum Gasteiger partial charge on any atom is 0.266 e. The molecule has 0 amide bonds. The normalized spacial score (nSPS) is 12.7. The predicted octanol–water partition coefficient (Wildman–Crippen LogP) is 10.7. The van der Waals surface area contributed by atoms with Gasteiger partial charge >= 0.3 is 0 Å². The lowest BCUT2D eigenvalue weighted by Gasteiger charge is -2.23. The molecule has 0 N–H and O–H groups in total. The Morgan fingerprint density at radius 1 is 0.510 bits per heavy atom. The fourth-order valence-corrected chi connectivity index (χ4v) is 8.43. The van der Waals surface area contributed by atoms with Gasteiger partial charge in [-0.25, -0.2) is 4.57 Å². The predicted molar refractivity (Wildman–Crippen MR) is 204 cm³/mol. The monoisotopic (exact) mass is 633 g/mol. The van der Waals surface area contributed by atoms with Gasteiger partial charge in [-0.15, -0.1) is 0 Å². The molecule has 0 fully saturated rings. The molecule has 10 rings (SSSR count). The Balaban J connectivity index is 1.46. The van der Waals surface area contributed by atoms with Crippen molar-refractivity contribution in [2.45, 2.75) is 33.3 Å². The second-order valence-electron chi connectivity index (χ2n) is 14.3. The van der Waals surface area contributed by atoms with Crippen molar-refractivity contribution in [2.75, 3.05) is 0 Å². The number of fused-ring (bicyclic) bond motifs is 3. The average molecular weight is 634 g/mol. The molecule has 0 aliphatic heterocycles. The Hall–Kier alpha value is -6.00. The van der Waals surface area contributed by atoms with E-state index >= 15 is 9.59 Å². The van der Waals surface area contributed by atoms with Crippen LogP contribution in [0.5, 0.6) is 5.75 Å². The van der Waals surface area contributed by atoms with Crippen LogP contribution in [0.3, 0.4) is 0 Å². The van der Waals surface area contributed by atoms with Crippen molar-refractivity contribution in [2.24, 2.45) is 0 Å². The maximum absolute atomic E-state index is 15.3. The van der Waals surface area contributed by atoms with Gasteiger partial charge < -0.3 is 4.74 Å². The van der Waals surface area contributed by atoms with Crippen LogP contribution < -0.4 is 15.9 Å². The summed E-state index contributed by atoms with van der Waals surface area (Å²) in [6.07, 6.45) is 0. The van der Waals surface area contributed by atoms with Crippen molar-refractivity contribution < 1.29 is 4.74 Å². The number of para-hydroxylation sites is 1. The molecule has 0 aliphatic carbocycles. The largest absolute Gasteiger partial charge is 0.487 e. The van der Waals surface area contributed by atoms with Crippen LogP contribution in [0.15, 0.2) is 125 Å². The highest BCUT2D eigenvalue weighted by Crippen LogP contribution is 2.53. The van der Waals surface area contributed by atoms with Gasteiger partial charge in [0.25, 0.3) is 11.1 Å². The third kappa shape index (κ3) is 3.69. The SMILES string of the molecule is Cc1cc2c3c(=O)n(-c4c(-c5ccccc5)cccc4-c4ccccc4)c(=O)c3c3cc(OC(C)(C)C)c4ccc5ccc1c1c5c4c3c21. The Morgan fingerprint density at radius 3 is 1.59 bits per heavy atom. The van der Waals surface area contributed by atoms with Crippen LogP contribution in [0.1, 0.15) is 26.3 Å². The quantitative estimate of drug-likeness (QED) is 0.181. The van der Waals surface area contributed by atoms with Gasteiger partial charge in [-0.05, 0) is 100 Å². The van der Waals surface area contributed by atoms with Gasteiger partial charge in [-0.1, -0.05) is 97.1 Å². The molecule has 0 unspecified atom stereocenters. The topological polar surface area (TPSA) is 48.3 Å². The van der Waals surface area contributed by atoms with Gasteiger partial charge in [-0.3, -0.25) is 9.59 Å². The molecule has 10 aromatic rings. The Morgan fingerprint density at radius 2 is 1.02 bits per heavy atom. The van der Waals surface area contributed by atoms with E-state index in [-0.39, 0.29) is 11.1 Å². The molecule has 1 aromatic heterocycles. The van der Waals surface area contributed by atoms with Crippen molar-refractivity contribution in [3.63, 3.8) is 0 Å². The molecule has 49 heavy (non-hydrogen) atoms. The lowest BCUT2D eigenvalue weighted by molar-refractivity contribution is 0.133. The van der Waals surface area contributed by atoms with Crippen molar-refractivity contribution in [1.29, 1.82) is 0 Å². The summed E-state index contributed by atoms with van der Waals surface area (Å²) in [7, 11) is 0. The van der Waals surface area contributed by atoms with E-state index in [0.29, 0.717) is 22.2 Å². The number of aryl methyl sites for hydroxylation is 1. The van der Waals surface area contributed by atoms with Gasteiger partial charge in [0.1, 0.15) is 11.4 Å². The van der Waals surface area contributed by atoms with Gasteiger partial charge in [-0.2, -0.15) is 0 Å². The lowest BCUT2D eigenvalue weighted by Crippen LogP contribution is -2.25. The van der Waals surface area contributed by atoms with Crippen LogP contribution in [0.25, 0.3) is 92.6 Å². The first-order valence-electron chi connectivity index (χ1n) is 16.8. The fraction of sp³-hybridized carbons (Fsp3) is 0.111. The average Bonchev–Trinajstić information content (AvgIpc) is 3.59. The van der Waals surface area contributed by atoms with Crippen LogP contribution in [-0.2, 0) is 0 Å². The van der Waals surface area contributed by atoms with Crippen LogP contribution in [-0.4, -0.2) is 10.2 Å². The highest BCUT2D eigenvalue weighted by molar-refractivity contribution is 6.48. The highest BCUT2D eigenvalue weighted by Gasteiger charge is 2.31. The smallest absolute Gasteiger partial charge is 0.266 e. The zero-order chi connectivity index (χ0) is 33.3. The molecule has 0 saturated heterocycles. The molecule has 0 bridgehead atoms. The number of aromatic nitrogens is 1. The van der Waals surface area contributed by atoms with Crippen molar-refractivity contribution >= 4 is 64.6 Å². The first kappa shape index (κ1) is 28.1. The molecular formula is C45H31NO3. The van der Waals surface area contributed by atoms with Crippen molar-refractivity contribution in [3.8, 4) is 33.7 Å². The summed E-state index contributed by atoms with van der Waals surface area (Å²) < 4.78 is 8.09. The Kier molecular flexibility index (Phi) is 5.46. The summed E-state index contributed by atoms with van der Waals surface area (Å²) in [5, 5.41) is 11.3. The van der Waals surface area contributed by atoms with E-state index in [4.69, 9.17) is 4.74 Å². The van der Waals surface area contributed by atoms with Crippen LogP contribution >= 0.6 is 0 Å². The highest BCUT2D eigenvalue weighted by atomic mass is 16.5. The van der Waals surface area contributed by atoms with E-state index in [0.717, 1.165) is 76.3 Å². The minimum absolute atomic E-state index is 0.303. The molecule has 9 aromatic carbocycles. The second kappa shape index (κ2) is 9.55. The van der Waals surface area contributed by atoms with Crippen LogP contribution in [0.4, 0.5) is 0 Å². The van der Waals surface area contributed by atoms with Crippen LogP contribution in [0, 0.1) is 6.92 Å². The summed E-state index contributed by atoms with van der Waals surface area (Å²) in [4.78, 5) is 30.5. The third-order valence-electron chi connectivity index (χ3n) is 10.3. The molecule has 4 heteroatoms. The fourth-order valence-electron chi connectivity index (χ4n) is 8.43. The maximum atomic E-state index is 15.3. The van der Waals surface area contributed by atoms with Crippen molar-refractivity contribution in [1.82, 2.24) is 4.57 Å². The number of nitrogens with zero attached hydrogens (tertiary/aromatic N) is 1. The van der Waals surface area contributed by atoms with E-state index < -0.39 is 5.60 Å².